The van der Waals surface area contributed by atoms with E-state index < -0.39 is 184 Å². The molecule has 30 atom stereocenters. The van der Waals surface area contributed by atoms with Crippen LogP contribution in [0.15, 0.2) is 243 Å². The molecule has 0 aliphatic carbocycles. The molecule has 122 heavy (non-hydrogen) atoms. The zero-order valence-electron chi connectivity index (χ0n) is 71.4. The summed E-state index contributed by atoms with van der Waals surface area (Å²) in [5.41, 5.74) is 7.46. The van der Waals surface area contributed by atoms with E-state index in [4.69, 9.17) is 94.7 Å². The van der Waals surface area contributed by atoms with Crippen LogP contribution in [0.3, 0.4) is 0 Å². The molecule has 19 fully saturated rings. The minimum Gasteiger partial charge on any atom is -0.394 e. The van der Waals surface area contributed by atoms with Crippen LogP contribution in [0.1, 0.15) is 113 Å². The van der Waals surface area contributed by atoms with Gasteiger partial charge < -0.3 is 105 Å². The maximum Gasteiger partial charge on any atom is 0.187 e. The maximum atomic E-state index is 12.2. The van der Waals surface area contributed by atoms with Crippen molar-refractivity contribution in [3.8, 4) is 0 Å². The molecule has 0 aromatic heterocycles. The lowest BCUT2D eigenvalue weighted by molar-refractivity contribution is -0.400. The van der Waals surface area contributed by atoms with Gasteiger partial charge in [-0.25, -0.2) is 0 Å². The minimum absolute atomic E-state index is 0.0249. The average Bonchev–Trinajstić information content (AvgIpc) is 0.762. The summed E-state index contributed by atoms with van der Waals surface area (Å²) in [6.45, 7) is 17.3. The van der Waals surface area contributed by atoms with Gasteiger partial charge in [-0.05, 0) is 63.3 Å². The standard InChI is InChI=1S/C100H124O22/c1-9-77-84-65(5)88(107-57-73-43-27-15-28-44-73)98(111-77)121-90-78(10-2)112-100(94(110-60-76-49-33-18-34-50-76)93(90)109-59-75-47-31-17-32-48-75)122-91-80(52-102)113-96(67(7)86(91)105-55-71-39-23-13-24-40-71)120-92-82(62-104-54-70-37-21-12-22-38-70)116-97(68(8)87(92)106-56-72-41-25-14-26-42-72)117-83-63(3)64(4)95(115-81(83)61-103-53-69-35-19-11-20-36-69)118-85-66(6)89(99(119-84)114-79(85)51-101)108-58-74-45-29-16-30-46-74/h11-50,63-68,77-102H,9-10,51-62H2,1-8H3. The van der Waals surface area contributed by atoms with Gasteiger partial charge in [0.15, 0.2) is 37.7 Å². The molecule has 0 radical (unpaired) electrons. The Labute approximate surface area is 719 Å². The van der Waals surface area contributed by atoms with Gasteiger partial charge in [0.2, 0.25) is 0 Å². The zero-order chi connectivity index (χ0) is 84.3. The van der Waals surface area contributed by atoms with E-state index in [1.165, 1.54) is 0 Å². The summed E-state index contributed by atoms with van der Waals surface area (Å²) in [5, 5.41) is 24.1. The second-order valence-corrected chi connectivity index (χ2v) is 33.8. The van der Waals surface area contributed by atoms with Crippen molar-refractivity contribution in [2.24, 2.45) is 35.5 Å². The molecule has 656 valence electrons. The summed E-state index contributed by atoms with van der Waals surface area (Å²) in [4.78, 5) is 0. The van der Waals surface area contributed by atoms with Crippen molar-refractivity contribution in [2.45, 2.75) is 269 Å². The van der Waals surface area contributed by atoms with E-state index in [9.17, 15) is 10.2 Å². The molecule has 0 spiro atoms. The molecular formula is C100H124O22. The Balaban J connectivity index is 0.858. The number of benzene rings is 8. The number of ether oxygens (including phenoxy) is 20. The average molecular weight is 1680 g/mol. The number of hydrogen-bond acceptors (Lipinski definition) is 22. The number of hydrogen-bond donors (Lipinski definition) is 2. The summed E-state index contributed by atoms with van der Waals surface area (Å²) in [5.74, 6) is -2.82. The van der Waals surface area contributed by atoms with Crippen LogP contribution in [-0.4, -0.2) is 184 Å². The highest BCUT2D eigenvalue weighted by Gasteiger charge is 2.59. The van der Waals surface area contributed by atoms with Crippen molar-refractivity contribution in [2.75, 3.05) is 26.4 Å². The van der Waals surface area contributed by atoms with Gasteiger partial charge in [0.05, 0.1) is 122 Å². The highest BCUT2D eigenvalue weighted by atomic mass is 16.8. The highest BCUT2D eigenvalue weighted by molar-refractivity contribution is 5.20. The van der Waals surface area contributed by atoms with Gasteiger partial charge in [0.1, 0.15) is 67.1 Å². The van der Waals surface area contributed by atoms with Crippen LogP contribution in [0.4, 0.5) is 0 Å². The molecule has 27 rings (SSSR count). The third-order valence-corrected chi connectivity index (χ3v) is 25.3. The van der Waals surface area contributed by atoms with E-state index in [1.54, 1.807) is 0 Å². The van der Waals surface area contributed by atoms with Gasteiger partial charge in [0, 0.05) is 29.6 Å². The molecule has 19 heterocycles. The SMILES string of the molecule is CCC1OC2OC3C(CC)OC(OC4C(CO)OC(OC5C(COCc6ccccc6)OC(OC6C(COCc7ccccc7)OC(OC7C(CO)OC(OC1C(C)C2OCc1ccccc1)C(OCc1ccccc1)C7C)C(C)C6C)C(C)C5OCc1ccccc1)C(C)C4OCc1ccccc1)C(OCc1ccccc1)C3OCc1ccccc1. The molecule has 8 aromatic rings. The molecule has 19 aliphatic heterocycles. The van der Waals surface area contributed by atoms with Gasteiger partial charge in [-0.15, -0.1) is 0 Å². The molecular weight excluding hydrogens is 1550 g/mol. The zero-order valence-corrected chi connectivity index (χ0v) is 71.4. The van der Waals surface area contributed by atoms with Crippen LogP contribution in [0.2, 0.25) is 0 Å². The Hall–Kier alpha value is -7.12. The van der Waals surface area contributed by atoms with Crippen LogP contribution in [-0.2, 0) is 148 Å². The van der Waals surface area contributed by atoms with Crippen molar-refractivity contribution in [3.05, 3.63) is 287 Å². The quantitative estimate of drug-likeness (QED) is 0.0427. The summed E-state index contributed by atoms with van der Waals surface area (Å²) in [7, 11) is 0. The first-order valence-electron chi connectivity index (χ1n) is 44.0. The molecule has 0 saturated carbocycles. The Morgan fingerprint density at radius 2 is 0.443 bits per heavy atom. The van der Waals surface area contributed by atoms with Crippen LogP contribution < -0.4 is 0 Å². The van der Waals surface area contributed by atoms with Gasteiger partial charge in [-0.3, -0.25) is 0 Å². The molecule has 8 aromatic carbocycles. The second-order valence-electron chi connectivity index (χ2n) is 33.8. The first-order valence-corrected chi connectivity index (χ1v) is 44.0. The van der Waals surface area contributed by atoms with Crippen molar-refractivity contribution in [1.29, 1.82) is 0 Å². The predicted molar refractivity (Wildman–Crippen MR) is 453 cm³/mol. The molecule has 22 heteroatoms. The summed E-state index contributed by atoms with van der Waals surface area (Å²) < 4.78 is 147. The van der Waals surface area contributed by atoms with Gasteiger partial charge in [-0.2, -0.15) is 0 Å². The molecule has 2 N–H and O–H groups in total. The first kappa shape index (κ1) is 89.7. The monoisotopic (exact) mass is 1680 g/mol. The number of aliphatic hydroxyl groups is 2. The Kier molecular flexibility index (Phi) is 32.6. The number of rotatable bonds is 30. The van der Waals surface area contributed by atoms with Gasteiger partial charge in [0.25, 0.3) is 0 Å². The minimum atomic E-state index is -1.23. The van der Waals surface area contributed by atoms with Crippen molar-refractivity contribution < 1.29 is 105 Å². The fourth-order valence-electron chi connectivity index (χ4n) is 18.1. The fourth-order valence-corrected chi connectivity index (χ4v) is 18.1. The number of aliphatic hydroxyl groups excluding tert-OH is 2. The van der Waals surface area contributed by atoms with E-state index in [0.29, 0.717) is 19.4 Å². The van der Waals surface area contributed by atoms with Crippen molar-refractivity contribution >= 4 is 0 Å². The molecule has 19 aliphatic rings. The second kappa shape index (κ2) is 44.4. The molecule has 30 unspecified atom stereocenters. The summed E-state index contributed by atoms with van der Waals surface area (Å²) in [6, 6.07) is 80.0. The predicted octanol–water partition coefficient (Wildman–Crippen LogP) is 15.2. The summed E-state index contributed by atoms with van der Waals surface area (Å²) in [6.07, 6.45) is -20.9. The van der Waals surface area contributed by atoms with Crippen LogP contribution in [0, 0.1) is 35.5 Å². The van der Waals surface area contributed by atoms with Crippen LogP contribution >= 0.6 is 0 Å². The van der Waals surface area contributed by atoms with Crippen molar-refractivity contribution in [1.82, 2.24) is 0 Å². The Morgan fingerprint density at radius 3 is 0.811 bits per heavy atom. The Morgan fingerprint density at radius 1 is 0.213 bits per heavy atom. The van der Waals surface area contributed by atoms with E-state index in [0.717, 1.165) is 44.5 Å². The third-order valence-electron chi connectivity index (χ3n) is 25.3. The first-order chi connectivity index (χ1) is 59.8. The smallest absolute Gasteiger partial charge is 0.187 e. The molecule has 12 bridgehead atoms. The molecule has 0 amide bonds. The molecule has 19 saturated heterocycles. The topological polar surface area (TPSA) is 225 Å². The highest BCUT2D eigenvalue weighted by Crippen LogP contribution is 2.46. The van der Waals surface area contributed by atoms with E-state index in [1.807, 2.05) is 257 Å². The lowest BCUT2D eigenvalue weighted by Crippen LogP contribution is -2.67. The lowest BCUT2D eigenvalue weighted by atomic mass is 9.83. The van der Waals surface area contributed by atoms with E-state index in [2.05, 4.69) is 41.5 Å². The fraction of sp³-hybridized carbons (Fsp3) is 0.520. The molecule has 22 nitrogen and oxygen atoms in total. The van der Waals surface area contributed by atoms with Crippen LogP contribution in [0.25, 0.3) is 0 Å². The largest absolute Gasteiger partial charge is 0.394 e. The van der Waals surface area contributed by atoms with E-state index >= 15 is 0 Å². The van der Waals surface area contributed by atoms with Crippen molar-refractivity contribution in [3.63, 3.8) is 0 Å². The van der Waals surface area contributed by atoms with Gasteiger partial charge >= 0.3 is 0 Å². The third kappa shape index (κ3) is 22.4. The maximum absolute atomic E-state index is 12.2. The van der Waals surface area contributed by atoms with Crippen LogP contribution in [0.5, 0.6) is 0 Å². The lowest BCUT2D eigenvalue weighted by Gasteiger charge is -2.53. The van der Waals surface area contributed by atoms with Gasteiger partial charge in [-0.1, -0.05) is 298 Å². The normalized spacial score (nSPS) is 35.1. The Bertz CT molecular complexity index is 4290. The summed E-state index contributed by atoms with van der Waals surface area (Å²) >= 11 is 0. The van der Waals surface area contributed by atoms with E-state index in [-0.39, 0.29) is 71.3 Å².